The standard InChI is InChI=1S/C19H27FN4O2S/c1-13(2)23-27(25,26)18-7-5-16(6-8-18)11-19-14(3)22-24(15(19)4)12-17(20)9-10-21/h5-9,13,23H,10-12,21H2,1-4H3. The number of benzene rings is 1. The molecule has 0 saturated carbocycles. The lowest BCUT2D eigenvalue weighted by atomic mass is 10.0. The molecule has 3 N–H and O–H groups in total. The molecule has 0 saturated heterocycles. The number of halogens is 1. The van der Waals surface area contributed by atoms with Crippen molar-refractivity contribution >= 4 is 10.0 Å². The lowest BCUT2D eigenvalue weighted by molar-refractivity contribution is 0.517. The smallest absolute Gasteiger partial charge is 0.240 e. The van der Waals surface area contributed by atoms with Crippen LogP contribution in [0, 0.1) is 13.8 Å². The summed E-state index contributed by atoms with van der Waals surface area (Å²) in [5.74, 6) is -0.318. The van der Waals surface area contributed by atoms with Gasteiger partial charge in [-0.2, -0.15) is 5.10 Å². The zero-order valence-corrected chi connectivity index (χ0v) is 17.0. The van der Waals surface area contributed by atoms with E-state index in [-0.39, 0.29) is 29.9 Å². The molecular formula is C19H27FN4O2S. The maximum atomic E-state index is 13.7. The summed E-state index contributed by atoms with van der Waals surface area (Å²) in [6.07, 6.45) is 1.93. The zero-order valence-electron chi connectivity index (χ0n) is 16.2. The normalized spacial score (nSPS) is 12.8. The Morgan fingerprint density at radius 2 is 1.93 bits per heavy atom. The Balaban J connectivity index is 2.21. The topological polar surface area (TPSA) is 90.0 Å². The maximum absolute atomic E-state index is 13.7. The number of rotatable bonds is 8. The number of hydrogen-bond acceptors (Lipinski definition) is 4. The molecule has 0 aliphatic heterocycles. The highest BCUT2D eigenvalue weighted by Gasteiger charge is 2.16. The summed E-state index contributed by atoms with van der Waals surface area (Å²) in [4.78, 5) is 0.234. The average molecular weight is 395 g/mol. The van der Waals surface area contributed by atoms with Gasteiger partial charge in [-0.15, -0.1) is 0 Å². The van der Waals surface area contributed by atoms with E-state index < -0.39 is 10.0 Å². The van der Waals surface area contributed by atoms with Gasteiger partial charge in [0.25, 0.3) is 0 Å². The highest BCUT2D eigenvalue weighted by Crippen LogP contribution is 2.20. The van der Waals surface area contributed by atoms with Crippen LogP contribution in [0.25, 0.3) is 0 Å². The summed E-state index contributed by atoms with van der Waals surface area (Å²) in [7, 11) is -3.50. The quantitative estimate of drug-likeness (QED) is 0.720. The average Bonchev–Trinajstić information content (AvgIpc) is 2.82. The third-order valence-corrected chi connectivity index (χ3v) is 5.85. The molecule has 1 aromatic carbocycles. The van der Waals surface area contributed by atoms with E-state index in [1.807, 2.05) is 13.8 Å². The van der Waals surface area contributed by atoms with Crippen molar-refractivity contribution in [3.63, 3.8) is 0 Å². The maximum Gasteiger partial charge on any atom is 0.240 e. The van der Waals surface area contributed by atoms with Crippen molar-refractivity contribution in [2.24, 2.45) is 5.73 Å². The minimum absolute atomic E-state index is 0.0575. The molecule has 1 heterocycles. The molecule has 0 fully saturated rings. The minimum Gasteiger partial charge on any atom is -0.327 e. The third kappa shape index (κ3) is 5.47. The Morgan fingerprint density at radius 1 is 1.30 bits per heavy atom. The van der Waals surface area contributed by atoms with Crippen LogP contribution in [0.4, 0.5) is 4.39 Å². The van der Waals surface area contributed by atoms with Gasteiger partial charge in [-0.1, -0.05) is 12.1 Å². The number of nitrogens with two attached hydrogens (primary N) is 1. The second-order valence-electron chi connectivity index (χ2n) is 6.79. The van der Waals surface area contributed by atoms with Crippen LogP contribution in [0.1, 0.15) is 36.4 Å². The van der Waals surface area contributed by atoms with Gasteiger partial charge in [-0.25, -0.2) is 17.5 Å². The molecule has 27 heavy (non-hydrogen) atoms. The highest BCUT2D eigenvalue weighted by molar-refractivity contribution is 7.89. The molecule has 0 aliphatic rings. The van der Waals surface area contributed by atoms with Gasteiger partial charge >= 0.3 is 0 Å². The van der Waals surface area contributed by atoms with E-state index in [4.69, 9.17) is 5.73 Å². The number of nitrogens with one attached hydrogen (secondary N) is 1. The van der Waals surface area contributed by atoms with Gasteiger partial charge in [0.2, 0.25) is 10.0 Å². The van der Waals surface area contributed by atoms with Gasteiger partial charge in [0.15, 0.2) is 0 Å². The van der Waals surface area contributed by atoms with Gasteiger partial charge in [0.05, 0.1) is 17.1 Å². The molecule has 8 heteroatoms. The predicted molar refractivity (Wildman–Crippen MR) is 105 cm³/mol. The largest absolute Gasteiger partial charge is 0.327 e. The number of aryl methyl sites for hydroxylation is 1. The predicted octanol–water partition coefficient (Wildman–Crippen LogP) is 2.59. The fourth-order valence-electron chi connectivity index (χ4n) is 2.85. The molecule has 2 aromatic rings. The lowest BCUT2D eigenvalue weighted by Crippen LogP contribution is -2.30. The van der Waals surface area contributed by atoms with Gasteiger partial charge in [-0.3, -0.25) is 4.68 Å². The summed E-state index contributed by atoms with van der Waals surface area (Å²) in [5, 5.41) is 4.41. The molecule has 0 unspecified atom stereocenters. The summed E-state index contributed by atoms with van der Waals surface area (Å²) >= 11 is 0. The summed E-state index contributed by atoms with van der Waals surface area (Å²) in [6, 6.07) is 6.61. The zero-order chi connectivity index (χ0) is 20.2. The van der Waals surface area contributed by atoms with Crippen LogP contribution < -0.4 is 10.5 Å². The van der Waals surface area contributed by atoms with Crippen molar-refractivity contribution in [2.45, 2.75) is 51.6 Å². The van der Waals surface area contributed by atoms with Crippen molar-refractivity contribution in [1.82, 2.24) is 14.5 Å². The Bertz CT molecular complexity index is 916. The third-order valence-electron chi connectivity index (χ3n) is 4.18. The van der Waals surface area contributed by atoms with Gasteiger partial charge in [0, 0.05) is 30.3 Å². The monoisotopic (exact) mass is 394 g/mol. The number of sulfonamides is 1. The molecule has 2 rings (SSSR count). The number of hydrogen-bond donors (Lipinski definition) is 2. The SMILES string of the molecule is Cc1nn(CC(F)=CCN)c(C)c1Cc1ccc(S(=O)(=O)NC(C)C)cc1. The lowest BCUT2D eigenvalue weighted by Gasteiger charge is -2.10. The molecule has 0 radical (unpaired) electrons. The fraction of sp³-hybridized carbons (Fsp3) is 0.421. The molecule has 148 valence electrons. The second kappa shape index (κ2) is 8.77. The first-order chi connectivity index (χ1) is 12.6. The van der Waals surface area contributed by atoms with E-state index in [1.165, 1.54) is 6.08 Å². The molecular weight excluding hydrogens is 367 g/mol. The van der Waals surface area contributed by atoms with Crippen LogP contribution in [0.3, 0.4) is 0 Å². The fourth-order valence-corrected chi connectivity index (χ4v) is 4.10. The van der Waals surface area contributed by atoms with Crippen LogP contribution in [-0.4, -0.2) is 30.8 Å². The van der Waals surface area contributed by atoms with Crippen molar-refractivity contribution in [1.29, 1.82) is 0 Å². The number of aromatic nitrogens is 2. The summed E-state index contributed by atoms with van der Waals surface area (Å²) in [5.41, 5.74) is 9.01. The van der Waals surface area contributed by atoms with E-state index in [1.54, 1.807) is 42.8 Å². The molecule has 0 atom stereocenters. The Morgan fingerprint density at radius 3 is 2.48 bits per heavy atom. The van der Waals surface area contributed by atoms with Crippen molar-refractivity contribution in [3.8, 4) is 0 Å². The van der Waals surface area contributed by atoms with Crippen LogP contribution in [0.2, 0.25) is 0 Å². The highest BCUT2D eigenvalue weighted by atomic mass is 32.2. The summed E-state index contributed by atoms with van der Waals surface area (Å²) < 4.78 is 42.3. The second-order valence-corrected chi connectivity index (χ2v) is 8.50. The summed E-state index contributed by atoms with van der Waals surface area (Å²) in [6.45, 7) is 7.55. The Kier molecular flexibility index (Phi) is 6.91. The first-order valence-corrected chi connectivity index (χ1v) is 10.3. The molecule has 0 amide bonds. The van der Waals surface area contributed by atoms with Gasteiger partial charge in [-0.05, 0) is 51.5 Å². The van der Waals surface area contributed by atoms with Crippen LogP contribution in [-0.2, 0) is 23.0 Å². The van der Waals surface area contributed by atoms with Crippen LogP contribution in [0.15, 0.2) is 41.1 Å². The molecule has 1 aromatic heterocycles. The molecule has 0 bridgehead atoms. The van der Waals surface area contributed by atoms with E-state index in [9.17, 15) is 12.8 Å². The van der Waals surface area contributed by atoms with E-state index in [0.717, 1.165) is 22.5 Å². The van der Waals surface area contributed by atoms with Crippen molar-refractivity contribution in [3.05, 3.63) is 58.7 Å². The molecule has 0 spiro atoms. The Hall–Kier alpha value is -2.03. The minimum atomic E-state index is -3.50. The molecule has 0 aliphatic carbocycles. The first-order valence-electron chi connectivity index (χ1n) is 8.82. The Labute approximate surface area is 160 Å². The first kappa shape index (κ1) is 21.3. The van der Waals surface area contributed by atoms with Crippen molar-refractivity contribution < 1.29 is 12.8 Å². The van der Waals surface area contributed by atoms with Crippen LogP contribution in [0.5, 0.6) is 0 Å². The van der Waals surface area contributed by atoms with E-state index in [2.05, 4.69) is 9.82 Å². The number of allylic oxidation sites excluding steroid dienone is 1. The van der Waals surface area contributed by atoms with E-state index >= 15 is 0 Å². The van der Waals surface area contributed by atoms with E-state index in [0.29, 0.717) is 6.42 Å². The van der Waals surface area contributed by atoms with Crippen molar-refractivity contribution in [2.75, 3.05) is 6.54 Å². The van der Waals surface area contributed by atoms with Crippen LogP contribution >= 0.6 is 0 Å². The van der Waals surface area contributed by atoms with Gasteiger partial charge < -0.3 is 5.73 Å². The number of nitrogens with zero attached hydrogens (tertiary/aromatic N) is 2. The van der Waals surface area contributed by atoms with Gasteiger partial charge in [0.1, 0.15) is 5.83 Å². The molecule has 6 nitrogen and oxygen atoms in total.